The number of rotatable bonds is 8. The van der Waals surface area contributed by atoms with E-state index in [0.717, 1.165) is 12.6 Å². The Morgan fingerprint density at radius 3 is 2.61 bits per heavy atom. The second-order valence-electron chi connectivity index (χ2n) is 6.32. The maximum absolute atomic E-state index is 3.49. The zero-order valence-electron chi connectivity index (χ0n) is 13.1. The van der Waals surface area contributed by atoms with E-state index in [0.29, 0.717) is 12.1 Å². The summed E-state index contributed by atoms with van der Waals surface area (Å²) in [6.45, 7) is 10.5. The van der Waals surface area contributed by atoms with Gasteiger partial charge in [0.25, 0.3) is 0 Å². The van der Waals surface area contributed by atoms with Crippen LogP contribution in [0.2, 0.25) is 0 Å². The summed E-state index contributed by atoms with van der Waals surface area (Å²) in [6, 6.07) is 2.10. The van der Waals surface area contributed by atoms with Crippen molar-refractivity contribution in [2.75, 3.05) is 33.7 Å². The summed E-state index contributed by atoms with van der Waals surface area (Å²) in [5, 5.41) is 3.49. The lowest BCUT2D eigenvalue weighted by atomic mass is 10.1. The van der Waals surface area contributed by atoms with E-state index < -0.39 is 0 Å². The lowest BCUT2D eigenvalue weighted by Crippen LogP contribution is -2.40. The average molecular weight is 255 g/mol. The van der Waals surface area contributed by atoms with Crippen LogP contribution in [0.25, 0.3) is 0 Å². The topological polar surface area (TPSA) is 18.5 Å². The molecule has 2 unspecified atom stereocenters. The van der Waals surface area contributed by atoms with Crippen molar-refractivity contribution in [2.24, 2.45) is 0 Å². The molecule has 1 aliphatic rings. The second kappa shape index (κ2) is 8.13. The van der Waals surface area contributed by atoms with Crippen LogP contribution in [0.1, 0.15) is 46.5 Å². The largest absolute Gasteiger partial charge is 0.315 e. The summed E-state index contributed by atoms with van der Waals surface area (Å²) in [4.78, 5) is 5.06. The van der Waals surface area contributed by atoms with Crippen LogP contribution in [0.4, 0.5) is 0 Å². The Hall–Kier alpha value is -0.120. The molecular formula is C15H33N3. The first-order valence-electron chi connectivity index (χ1n) is 7.64. The summed E-state index contributed by atoms with van der Waals surface area (Å²) < 4.78 is 0. The molecule has 0 aromatic carbocycles. The summed E-state index contributed by atoms with van der Waals surface area (Å²) in [5.41, 5.74) is 0. The highest BCUT2D eigenvalue weighted by Crippen LogP contribution is 2.17. The van der Waals surface area contributed by atoms with Gasteiger partial charge in [-0.05, 0) is 59.8 Å². The predicted molar refractivity (Wildman–Crippen MR) is 80.1 cm³/mol. The van der Waals surface area contributed by atoms with Crippen molar-refractivity contribution >= 4 is 0 Å². The first-order chi connectivity index (χ1) is 8.50. The molecule has 1 saturated heterocycles. The molecule has 0 aliphatic carbocycles. The van der Waals surface area contributed by atoms with E-state index >= 15 is 0 Å². The third-order valence-corrected chi connectivity index (χ3v) is 4.27. The summed E-state index contributed by atoms with van der Waals surface area (Å²) in [6.07, 6.45) is 5.33. The van der Waals surface area contributed by atoms with E-state index in [1.807, 2.05) is 0 Å². The van der Waals surface area contributed by atoms with Crippen molar-refractivity contribution in [3.05, 3.63) is 0 Å². The highest BCUT2D eigenvalue weighted by molar-refractivity contribution is 4.80. The normalized spacial score (nSPS) is 23.2. The van der Waals surface area contributed by atoms with Gasteiger partial charge in [-0.2, -0.15) is 0 Å². The fourth-order valence-corrected chi connectivity index (χ4v) is 2.73. The molecule has 0 spiro atoms. The van der Waals surface area contributed by atoms with Crippen LogP contribution in [-0.2, 0) is 0 Å². The van der Waals surface area contributed by atoms with Gasteiger partial charge in [0, 0.05) is 24.7 Å². The molecule has 1 heterocycles. The molecule has 108 valence electrons. The molecule has 0 bridgehead atoms. The number of nitrogens with zero attached hydrogens (tertiary/aromatic N) is 2. The minimum atomic E-state index is 0.616. The monoisotopic (exact) mass is 255 g/mol. The van der Waals surface area contributed by atoms with Gasteiger partial charge in [0.05, 0.1) is 0 Å². The maximum Gasteiger partial charge on any atom is 0.0220 e. The number of likely N-dealkylation sites (tertiary alicyclic amines) is 1. The number of hydrogen-bond acceptors (Lipinski definition) is 3. The summed E-state index contributed by atoms with van der Waals surface area (Å²) >= 11 is 0. The molecule has 0 aromatic rings. The maximum atomic E-state index is 3.49. The Morgan fingerprint density at radius 2 is 2.06 bits per heavy atom. The molecule has 1 rings (SSSR count). The Labute approximate surface area is 114 Å². The fraction of sp³-hybridized carbons (Fsp3) is 1.00. The highest BCUT2D eigenvalue weighted by Gasteiger charge is 2.23. The molecule has 1 N–H and O–H groups in total. The van der Waals surface area contributed by atoms with Crippen molar-refractivity contribution in [3.8, 4) is 0 Å². The van der Waals surface area contributed by atoms with Crippen molar-refractivity contribution in [1.29, 1.82) is 0 Å². The quantitative estimate of drug-likeness (QED) is 0.671. The molecular weight excluding hydrogens is 222 g/mol. The van der Waals surface area contributed by atoms with Gasteiger partial charge in [0.1, 0.15) is 0 Å². The smallest absolute Gasteiger partial charge is 0.0220 e. The molecule has 1 fully saturated rings. The Balaban J connectivity index is 2.14. The van der Waals surface area contributed by atoms with Crippen LogP contribution < -0.4 is 5.32 Å². The average Bonchev–Trinajstić information content (AvgIpc) is 2.70. The summed E-state index contributed by atoms with van der Waals surface area (Å²) in [7, 11) is 4.55. The lowest BCUT2D eigenvalue weighted by Gasteiger charge is -2.30. The second-order valence-corrected chi connectivity index (χ2v) is 6.32. The molecule has 3 heteroatoms. The van der Waals surface area contributed by atoms with Crippen LogP contribution in [0, 0.1) is 0 Å². The van der Waals surface area contributed by atoms with Crippen molar-refractivity contribution in [1.82, 2.24) is 15.1 Å². The fourth-order valence-electron chi connectivity index (χ4n) is 2.73. The Morgan fingerprint density at radius 1 is 1.33 bits per heavy atom. The van der Waals surface area contributed by atoms with Gasteiger partial charge in [-0.15, -0.1) is 0 Å². The molecule has 18 heavy (non-hydrogen) atoms. The highest BCUT2D eigenvalue weighted by atomic mass is 15.2. The van der Waals surface area contributed by atoms with Crippen molar-refractivity contribution in [2.45, 2.75) is 64.6 Å². The van der Waals surface area contributed by atoms with E-state index in [4.69, 9.17) is 0 Å². The molecule has 3 nitrogen and oxygen atoms in total. The number of likely N-dealkylation sites (N-methyl/N-ethyl adjacent to an activating group) is 2. The van der Waals surface area contributed by atoms with Gasteiger partial charge >= 0.3 is 0 Å². The predicted octanol–water partition coefficient (Wildman–Crippen LogP) is 2.18. The molecule has 0 amide bonds. The minimum absolute atomic E-state index is 0.616. The van der Waals surface area contributed by atoms with Crippen molar-refractivity contribution < 1.29 is 0 Å². The Kier molecular flexibility index (Phi) is 7.20. The van der Waals surface area contributed by atoms with Crippen LogP contribution in [0.5, 0.6) is 0 Å². The minimum Gasteiger partial charge on any atom is -0.315 e. The van der Waals surface area contributed by atoms with Gasteiger partial charge in [-0.1, -0.05) is 13.8 Å². The summed E-state index contributed by atoms with van der Waals surface area (Å²) in [5.74, 6) is 0. The van der Waals surface area contributed by atoms with Gasteiger partial charge in [0.15, 0.2) is 0 Å². The SMILES string of the molecule is CC(C)NCCCC(C)N(C)CC1CCCN1C. The van der Waals surface area contributed by atoms with Gasteiger partial charge < -0.3 is 15.1 Å². The molecule has 0 saturated carbocycles. The number of nitrogens with one attached hydrogen (secondary N) is 1. The Bertz CT molecular complexity index is 218. The van der Waals surface area contributed by atoms with E-state index in [1.54, 1.807) is 0 Å². The first kappa shape index (κ1) is 15.9. The van der Waals surface area contributed by atoms with E-state index in [1.165, 1.54) is 38.8 Å². The standard InChI is InChI=1S/C15H33N3/c1-13(2)16-10-6-8-14(3)18(5)12-15-9-7-11-17(15)4/h13-16H,6-12H2,1-5H3. The van der Waals surface area contributed by atoms with Crippen LogP contribution in [0.3, 0.4) is 0 Å². The lowest BCUT2D eigenvalue weighted by molar-refractivity contribution is 0.177. The molecule has 0 aromatic heterocycles. The molecule has 2 atom stereocenters. The third kappa shape index (κ3) is 5.68. The third-order valence-electron chi connectivity index (χ3n) is 4.27. The molecule has 1 aliphatic heterocycles. The van der Waals surface area contributed by atoms with Gasteiger partial charge in [-0.3, -0.25) is 0 Å². The zero-order valence-corrected chi connectivity index (χ0v) is 13.1. The molecule has 0 radical (unpaired) electrons. The first-order valence-corrected chi connectivity index (χ1v) is 7.64. The van der Waals surface area contributed by atoms with E-state index in [9.17, 15) is 0 Å². The number of hydrogen-bond donors (Lipinski definition) is 1. The van der Waals surface area contributed by atoms with Crippen molar-refractivity contribution in [3.63, 3.8) is 0 Å². The van der Waals surface area contributed by atoms with Gasteiger partial charge in [-0.25, -0.2) is 0 Å². The zero-order chi connectivity index (χ0) is 13.5. The van der Waals surface area contributed by atoms with Gasteiger partial charge in [0.2, 0.25) is 0 Å². The van der Waals surface area contributed by atoms with Crippen LogP contribution in [0.15, 0.2) is 0 Å². The van der Waals surface area contributed by atoms with Crippen LogP contribution >= 0.6 is 0 Å². The van der Waals surface area contributed by atoms with Crippen LogP contribution in [-0.4, -0.2) is 61.7 Å². The van der Waals surface area contributed by atoms with E-state index in [-0.39, 0.29) is 0 Å². The van der Waals surface area contributed by atoms with E-state index in [2.05, 4.69) is 50.0 Å².